The first-order valence-corrected chi connectivity index (χ1v) is 15.3. The van der Waals surface area contributed by atoms with E-state index in [0.29, 0.717) is 41.7 Å². The van der Waals surface area contributed by atoms with E-state index >= 15 is 0 Å². The van der Waals surface area contributed by atoms with Gasteiger partial charge in [-0.3, -0.25) is 14.2 Å². The SMILES string of the molecule is CCCCc1nc2ccc(C(O)CC3CCCN(C)C3=O)cc2c(=O)n1Cc1ccc(-c2ccccc2-c2nn[nH]n2)cc1. The summed E-state index contributed by atoms with van der Waals surface area (Å²) in [6, 6.07) is 21.4. The summed E-state index contributed by atoms with van der Waals surface area (Å²) in [5.41, 5.74) is 4.97. The Labute approximate surface area is 255 Å². The highest BCUT2D eigenvalue weighted by atomic mass is 16.3. The number of H-pyrrole nitrogens is 1. The van der Waals surface area contributed by atoms with Crippen molar-refractivity contribution in [3.05, 3.63) is 94.0 Å². The number of nitrogens with zero attached hydrogens (tertiary/aromatic N) is 6. The smallest absolute Gasteiger partial charge is 0.261 e. The highest BCUT2D eigenvalue weighted by Crippen LogP contribution is 2.31. The Morgan fingerprint density at radius 2 is 1.84 bits per heavy atom. The van der Waals surface area contributed by atoms with Crippen LogP contribution in [0.3, 0.4) is 0 Å². The number of tetrazole rings is 1. The van der Waals surface area contributed by atoms with Crippen LogP contribution in [0.5, 0.6) is 0 Å². The number of aryl methyl sites for hydroxylation is 1. The zero-order valence-corrected chi connectivity index (χ0v) is 25.1. The van der Waals surface area contributed by atoms with Gasteiger partial charge in [-0.05, 0) is 65.3 Å². The second kappa shape index (κ2) is 12.9. The minimum atomic E-state index is -0.838. The van der Waals surface area contributed by atoms with Crippen LogP contribution in [0.1, 0.15) is 62.1 Å². The van der Waals surface area contributed by atoms with Crippen LogP contribution >= 0.6 is 0 Å². The fraction of sp³-hybridized carbons (Fsp3) is 0.353. The molecule has 44 heavy (non-hydrogen) atoms. The van der Waals surface area contributed by atoms with Crippen LogP contribution in [0, 0.1) is 5.92 Å². The van der Waals surface area contributed by atoms with Crippen molar-refractivity contribution >= 4 is 16.8 Å². The van der Waals surface area contributed by atoms with E-state index in [1.165, 1.54) is 0 Å². The van der Waals surface area contributed by atoms with Crippen LogP contribution in [0.4, 0.5) is 0 Å². The molecule has 1 fully saturated rings. The molecule has 0 saturated carbocycles. The van der Waals surface area contributed by atoms with Crippen molar-refractivity contribution in [2.45, 2.75) is 58.1 Å². The first kappa shape index (κ1) is 29.4. The summed E-state index contributed by atoms with van der Waals surface area (Å²) in [5, 5.41) is 26.1. The molecule has 0 bridgehead atoms. The number of amides is 1. The molecule has 2 N–H and O–H groups in total. The van der Waals surface area contributed by atoms with Gasteiger partial charge < -0.3 is 10.0 Å². The Morgan fingerprint density at radius 3 is 2.59 bits per heavy atom. The van der Waals surface area contributed by atoms with Gasteiger partial charge in [0.2, 0.25) is 11.7 Å². The summed E-state index contributed by atoms with van der Waals surface area (Å²) >= 11 is 0. The monoisotopic (exact) mass is 591 g/mol. The van der Waals surface area contributed by atoms with E-state index < -0.39 is 6.10 Å². The van der Waals surface area contributed by atoms with E-state index in [9.17, 15) is 14.7 Å². The number of hydrogen-bond acceptors (Lipinski definition) is 7. The number of carbonyl (C=O) groups is 1. The number of rotatable bonds is 10. The number of hydrogen-bond donors (Lipinski definition) is 2. The van der Waals surface area contributed by atoms with Gasteiger partial charge in [0.25, 0.3) is 5.56 Å². The molecule has 5 aromatic rings. The number of carbonyl (C=O) groups excluding carboxylic acids is 1. The quantitative estimate of drug-likeness (QED) is 0.236. The number of likely N-dealkylation sites (tertiary alicyclic amines) is 1. The third kappa shape index (κ3) is 6.03. The van der Waals surface area contributed by atoms with E-state index in [1.54, 1.807) is 15.5 Å². The van der Waals surface area contributed by atoms with Gasteiger partial charge in [-0.2, -0.15) is 5.21 Å². The van der Waals surface area contributed by atoms with Crippen LogP contribution < -0.4 is 5.56 Å². The molecule has 3 aromatic carbocycles. The Balaban J connectivity index is 1.30. The summed E-state index contributed by atoms with van der Waals surface area (Å²) in [5.74, 6) is 1.14. The highest BCUT2D eigenvalue weighted by Gasteiger charge is 2.29. The molecule has 2 aromatic heterocycles. The fourth-order valence-electron chi connectivity index (χ4n) is 6.10. The van der Waals surface area contributed by atoms with Crippen LogP contribution in [0.2, 0.25) is 0 Å². The molecule has 6 rings (SSSR count). The van der Waals surface area contributed by atoms with Gasteiger partial charge in [-0.1, -0.05) is 67.9 Å². The van der Waals surface area contributed by atoms with Crippen LogP contribution in [0.25, 0.3) is 33.4 Å². The highest BCUT2D eigenvalue weighted by molar-refractivity contribution is 5.81. The minimum Gasteiger partial charge on any atom is -0.388 e. The molecule has 0 radical (unpaired) electrons. The van der Waals surface area contributed by atoms with Crippen molar-refractivity contribution in [3.63, 3.8) is 0 Å². The van der Waals surface area contributed by atoms with Crippen molar-refractivity contribution in [1.29, 1.82) is 0 Å². The lowest BCUT2D eigenvalue weighted by molar-refractivity contribution is -0.138. The number of aliphatic hydroxyl groups is 1. The maximum absolute atomic E-state index is 14.0. The molecule has 1 amide bonds. The van der Waals surface area contributed by atoms with E-state index in [-0.39, 0.29) is 17.4 Å². The van der Waals surface area contributed by atoms with E-state index in [0.717, 1.165) is 60.3 Å². The van der Waals surface area contributed by atoms with Crippen molar-refractivity contribution in [2.75, 3.05) is 13.6 Å². The number of aliphatic hydroxyl groups excluding tert-OH is 1. The normalized spacial score (nSPS) is 16.0. The van der Waals surface area contributed by atoms with Gasteiger partial charge in [-0.25, -0.2) is 4.98 Å². The maximum atomic E-state index is 14.0. The molecule has 1 aliphatic rings. The largest absolute Gasteiger partial charge is 0.388 e. The van der Waals surface area contributed by atoms with Crippen LogP contribution in [0.15, 0.2) is 71.5 Å². The third-order valence-electron chi connectivity index (χ3n) is 8.59. The Kier molecular flexibility index (Phi) is 8.60. The predicted molar refractivity (Wildman–Crippen MR) is 169 cm³/mol. The van der Waals surface area contributed by atoms with Gasteiger partial charge >= 0.3 is 0 Å². The molecule has 0 spiro atoms. The second-order valence-corrected chi connectivity index (χ2v) is 11.6. The molecular weight excluding hydrogens is 554 g/mol. The number of piperidine rings is 1. The topological polar surface area (TPSA) is 130 Å². The molecule has 0 aliphatic carbocycles. The van der Waals surface area contributed by atoms with Crippen molar-refractivity contribution in [2.24, 2.45) is 5.92 Å². The van der Waals surface area contributed by atoms with Gasteiger partial charge in [0, 0.05) is 31.5 Å². The second-order valence-electron chi connectivity index (χ2n) is 11.6. The van der Waals surface area contributed by atoms with E-state index in [2.05, 4.69) is 27.5 Å². The molecule has 1 saturated heterocycles. The first-order chi connectivity index (χ1) is 21.4. The lowest BCUT2D eigenvalue weighted by Gasteiger charge is -2.30. The van der Waals surface area contributed by atoms with Gasteiger partial charge in [0.1, 0.15) is 5.82 Å². The number of aromatic amines is 1. The summed E-state index contributed by atoms with van der Waals surface area (Å²) in [6.45, 7) is 3.25. The van der Waals surface area contributed by atoms with Crippen molar-refractivity contribution < 1.29 is 9.90 Å². The maximum Gasteiger partial charge on any atom is 0.261 e. The van der Waals surface area contributed by atoms with E-state index in [1.807, 2.05) is 67.7 Å². The zero-order valence-electron chi connectivity index (χ0n) is 25.1. The molecule has 1 aliphatic heterocycles. The molecule has 2 atom stereocenters. The third-order valence-corrected chi connectivity index (χ3v) is 8.59. The first-order valence-electron chi connectivity index (χ1n) is 15.3. The molecule has 226 valence electrons. The standard InChI is InChI=1S/C34H37N7O3/c1-3-4-11-31-35-29-17-16-24(30(42)20-25-8-7-18-40(2)33(25)43)19-28(29)34(44)41(31)21-22-12-14-23(15-13-22)26-9-5-6-10-27(26)32-36-38-39-37-32/h5-6,9-10,12-17,19,25,30,42H,3-4,7-8,11,18,20-21H2,1-2H3,(H,36,37,38,39). The summed E-state index contributed by atoms with van der Waals surface area (Å²) in [7, 11) is 1.81. The summed E-state index contributed by atoms with van der Waals surface area (Å²) in [6.07, 6.45) is 3.80. The predicted octanol–water partition coefficient (Wildman–Crippen LogP) is 4.93. The number of fused-ring (bicyclic) bond motifs is 1. The Hall–Kier alpha value is -4.70. The number of benzene rings is 3. The fourth-order valence-corrected chi connectivity index (χ4v) is 6.10. The molecule has 10 heteroatoms. The van der Waals surface area contributed by atoms with Crippen LogP contribution in [-0.2, 0) is 17.8 Å². The lowest BCUT2D eigenvalue weighted by atomic mass is 9.89. The summed E-state index contributed by atoms with van der Waals surface area (Å²) < 4.78 is 1.76. The molecule has 2 unspecified atom stereocenters. The van der Waals surface area contributed by atoms with Crippen molar-refractivity contribution in [1.82, 2.24) is 35.1 Å². The van der Waals surface area contributed by atoms with Gasteiger partial charge in [0.05, 0.1) is 23.6 Å². The van der Waals surface area contributed by atoms with Crippen molar-refractivity contribution in [3.8, 4) is 22.5 Å². The summed E-state index contributed by atoms with van der Waals surface area (Å²) in [4.78, 5) is 33.3. The number of aromatic nitrogens is 6. The zero-order chi connectivity index (χ0) is 30.6. The average molecular weight is 592 g/mol. The average Bonchev–Trinajstić information content (AvgIpc) is 3.59. The van der Waals surface area contributed by atoms with Crippen LogP contribution in [-0.4, -0.2) is 59.7 Å². The number of unbranched alkanes of at least 4 members (excludes halogenated alkanes) is 1. The minimum absolute atomic E-state index is 0.0741. The number of nitrogens with one attached hydrogen (secondary N) is 1. The Bertz CT molecular complexity index is 1820. The Morgan fingerprint density at radius 1 is 1.05 bits per heavy atom. The molecular formula is C34H37N7O3. The van der Waals surface area contributed by atoms with E-state index in [4.69, 9.17) is 4.98 Å². The molecule has 3 heterocycles. The van der Waals surface area contributed by atoms with Gasteiger partial charge in [-0.15, -0.1) is 10.2 Å². The molecule has 10 nitrogen and oxygen atoms in total. The van der Waals surface area contributed by atoms with Gasteiger partial charge in [0.15, 0.2) is 0 Å². The lowest BCUT2D eigenvalue weighted by Crippen LogP contribution is -2.38.